The molecule has 0 bridgehead atoms. The molecule has 0 unspecified atom stereocenters. The number of carbonyl (C=O) groups excluding carboxylic acids is 2. The minimum atomic E-state index is -0.681. The van der Waals surface area contributed by atoms with Gasteiger partial charge in [-0.25, -0.2) is 9.82 Å². The predicted octanol–water partition coefficient (Wildman–Crippen LogP) is 0.802. The van der Waals surface area contributed by atoms with Crippen LogP contribution < -0.4 is 10.7 Å². The van der Waals surface area contributed by atoms with Crippen LogP contribution in [-0.4, -0.2) is 24.6 Å². The van der Waals surface area contributed by atoms with Crippen molar-refractivity contribution in [3.8, 4) is 0 Å². The number of benzene rings is 1. The van der Waals surface area contributed by atoms with E-state index in [1.54, 1.807) is 0 Å². The van der Waals surface area contributed by atoms with Gasteiger partial charge in [-0.15, -0.1) is 0 Å². The van der Waals surface area contributed by atoms with Gasteiger partial charge in [-0.05, 0) is 30.5 Å². The van der Waals surface area contributed by atoms with Crippen molar-refractivity contribution < 1.29 is 14.0 Å². The highest BCUT2D eigenvalue weighted by molar-refractivity contribution is 6.00. The van der Waals surface area contributed by atoms with Crippen molar-refractivity contribution in [1.29, 1.82) is 0 Å². The molecule has 1 saturated heterocycles. The van der Waals surface area contributed by atoms with Gasteiger partial charge in [0.05, 0.1) is 6.21 Å². The lowest BCUT2D eigenvalue weighted by Crippen LogP contribution is -2.43. The fourth-order valence-electron chi connectivity index (χ4n) is 1.82. The first-order valence-electron chi connectivity index (χ1n) is 6.03. The van der Waals surface area contributed by atoms with Crippen molar-refractivity contribution in [2.75, 3.05) is 6.54 Å². The van der Waals surface area contributed by atoms with E-state index in [1.165, 1.54) is 30.5 Å². The Bertz CT molecular complexity index is 499. The van der Waals surface area contributed by atoms with Crippen molar-refractivity contribution in [3.63, 3.8) is 0 Å². The van der Waals surface area contributed by atoms with Crippen molar-refractivity contribution in [1.82, 2.24) is 10.7 Å². The van der Waals surface area contributed by atoms with Crippen LogP contribution in [0.25, 0.3) is 0 Å². The molecule has 2 rings (SSSR count). The van der Waals surface area contributed by atoms with Gasteiger partial charge < -0.3 is 5.32 Å². The largest absolute Gasteiger partial charge is 0.355 e. The number of nitrogens with one attached hydrogen (secondary N) is 2. The summed E-state index contributed by atoms with van der Waals surface area (Å²) in [5, 5.41) is 6.39. The Hall–Kier alpha value is -2.24. The summed E-state index contributed by atoms with van der Waals surface area (Å²) in [6.45, 7) is 0.613. The van der Waals surface area contributed by atoms with Gasteiger partial charge in [-0.3, -0.25) is 9.59 Å². The van der Waals surface area contributed by atoms with Crippen LogP contribution in [0, 0.1) is 11.7 Å². The fourth-order valence-corrected chi connectivity index (χ4v) is 1.82. The first-order valence-corrected chi connectivity index (χ1v) is 6.03. The molecule has 0 aromatic heterocycles. The van der Waals surface area contributed by atoms with E-state index in [-0.39, 0.29) is 11.7 Å². The smallest absolute Gasteiger partial charge is 0.252 e. The molecule has 19 heavy (non-hydrogen) atoms. The van der Waals surface area contributed by atoms with Gasteiger partial charge in [0.2, 0.25) is 5.91 Å². The van der Waals surface area contributed by atoms with Gasteiger partial charge in [0.25, 0.3) is 5.91 Å². The van der Waals surface area contributed by atoms with Crippen LogP contribution in [0.4, 0.5) is 4.39 Å². The minimum absolute atomic E-state index is 0.263. The van der Waals surface area contributed by atoms with Crippen molar-refractivity contribution >= 4 is 18.0 Å². The molecule has 5 nitrogen and oxygen atoms in total. The second-order valence-corrected chi connectivity index (χ2v) is 4.27. The van der Waals surface area contributed by atoms with E-state index in [9.17, 15) is 14.0 Å². The van der Waals surface area contributed by atoms with Crippen LogP contribution in [0.5, 0.6) is 0 Å². The van der Waals surface area contributed by atoms with E-state index >= 15 is 0 Å². The molecule has 0 radical (unpaired) electrons. The third-order valence-corrected chi connectivity index (χ3v) is 2.86. The number of hydrogen-bond acceptors (Lipinski definition) is 3. The molecular formula is C13H14FN3O2. The molecule has 0 spiro atoms. The SMILES string of the molecule is O=C1NCCC[C@H]1C(=O)N/N=C\c1ccc(F)cc1. The van der Waals surface area contributed by atoms with Gasteiger partial charge in [-0.1, -0.05) is 12.1 Å². The standard InChI is InChI=1S/C13H14FN3O2/c14-10-5-3-9(4-6-10)8-16-17-13(19)11-2-1-7-15-12(11)18/h3-6,8,11H,1-2,7H2,(H,15,18)(H,17,19)/b16-8-/t11-/m1/s1. The molecule has 1 atom stereocenters. The van der Waals surface area contributed by atoms with Crippen LogP contribution >= 0.6 is 0 Å². The van der Waals surface area contributed by atoms with Gasteiger partial charge in [-0.2, -0.15) is 5.10 Å². The second kappa shape index (κ2) is 6.08. The number of hydrazone groups is 1. The highest BCUT2D eigenvalue weighted by atomic mass is 19.1. The topological polar surface area (TPSA) is 70.6 Å². The molecule has 0 aliphatic carbocycles. The predicted molar refractivity (Wildman–Crippen MR) is 67.9 cm³/mol. The molecule has 0 saturated carbocycles. The van der Waals surface area contributed by atoms with Gasteiger partial charge >= 0.3 is 0 Å². The lowest BCUT2D eigenvalue weighted by Gasteiger charge is -2.19. The zero-order valence-electron chi connectivity index (χ0n) is 10.2. The fraction of sp³-hybridized carbons (Fsp3) is 0.308. The highest BCUT2D eigenvalue weighted by Crippen LogP contribution is 2.11. The van der Waals surface area contributed by atoms with E-state index in [0.717, 1.165) is 6.42 Å². The Morgan fingerprint density at radius 2 is 2.16 bits per heavy atom. The number of piperidine rings is 1. The molecule has 1 aromatic rings. The van der Waals surface area contributed by atoms with Crippen molar-refractivity contribution in [2.24, 2.45) is 11.0 Å². The lowest BCUT2D eigenvalue weighted by molar-refractivity contribution is -0.136. The third-order valence-electron chi connectivity index (χ3n) is 2.86. The van der Waals surface area contributed by atoms with E-state index < -0.39 is 11.8 Å². The Kier molecular flexibility index (Phi) is 4.22. The quantitative estimate of drug-likeness (QED) is 0.481. The van der Waals surface area contributed by atoms with Crippen LogP contribution in [0.15, 0.2) is 29.4 Å². The molecule has 6 heteroatoms. The average molecular weight is 263 g/mol. The summed E-state index contributed by atoms with van der Waals surface area (Å²) in [6, 6.07) is 5.69. The maximum atomic E-state index is 12.7. The van der Waals surface area contributed by atoms with E-state index in [4.69, 9.17) is 0 Å². The molecule has 2 N–H and O–H groups in total. The molecule has 1 aliphatic rings. The summed E-state index contributed by atoms with van der Waals surface area (Å²) in [4.78, 5) is 23.1. The monoisotopic (exact) mass is 263 g/mol. The Balaban J connectivity index is 1.89. The molecule has 1 fully saturated rings. The molecule has 1 heterocycles. The molecule has 1 aromatic carbocycles. The highest BCUT2D eigenvalue weighted by Gasteiger charge is 2.28. The molecular weight excluding hydrogens is 249 g/mol. The number of carbonyl (C=O) groups is 2. The Labute approximate surface area is 109 Å². The van der Waals surface area contributed by atoms with Crippen LogP contribution in [0.3, 0.4) is 0 Å². The summed E-state index contributed by atoms with van der Waals surface area (Å²) in [7, 11) is 0. The van der Waals surface area contributed by atoms with Crippen molar-refractivity contribution in [3.05, 3.63) is 35.6 Å². The van der Waals surface area contributed by atoms with Gasteiger partial charge in [0.1, 0.15) is 11.7 Å². The number of amides is 2. The van der Waals surface area contributed by atoms with E-state index in [1.807, 2.05) is 0 Å². The molecule has 100 valence electrons. The number of halogens is 1. The number of rotatable bonds is 3. The average Bonchev–Trinajstić information content (AvgIpc) is 2.41. The summed E-state index contributed by atoms with van der Waals surface area (Å²) in [5.74, 6) is -1.70. The zero-order valence-corrected chi connectivity index (χ0v) is 10.2. The second-order valence-electron chi connectivity index (χ2n) is 4.27. The minimum Gasteiger partial charge on any atom is -0.355 e. The van der Waals surface area contributed by atoms with Crippen molar-refractivity contribution in [2.45, 2.75) is 12.8 Å². The summed E-state index contributed by atoms with van der Waals surface area (Å²) in [5.41, 5.74) is 2.98. The van der Waals surface area contributed by atoms with Gasteiger partial charge in [0.15, 0.2) is 0 Å². The number of hydrogen-bond donors (Lipinski definition) is 2. The summed E-state index contributed by atoms with van der Waals surface area (Å²) >= 11 is 0. The van der Waals surface area contributed by atoms with Crippen LogP contribution in [0.1, 0.15) is 18.4 Å². The van der Waals surface area contributed by atoms with E-state index in [0.29, 0.717) is 18.5 Å². The molecule has 2 amide bonds. The third kappa shape index (κ3) is 3.61. The lowest BCUT2D eigenvalue weighted by atomic mass is 9.98. The van der Waals surface area contributed by atoms with Crippen LogP contribution in [-0.2, 0) is 9.59 Å². The first kappa shape index (κ1) is 13.2. The van der Waals surface area contributed by atoms with Crippen LogP contribution in [0.2, 0.25) is 0 Å². The summed E-state index contributed by atoms with van der Waals surface area (Å²) in [6.07, 6.45) is 2.72. The number of nitrogens with zero attached hydrogens (tertiary/aromatic N) is 1. The Morgan fingerprint density at radius 3 is 2.84 bits per heavy atom. The Morgan fingerprint density at radius 1 is 1.42 bits per heavy atom. The maximum absolute atomic E-state index is 12.7. The maximum Gasteiger partial charge on any atom is 0.252 e. The van der Waals surface area contributed by atoms with Gasteiger partial charge in [0, 0.05) is 6.54 Å². The zero-order chi connectivity index (χ0) is 13.7. The first-order chi connectivity index (χ1) is 9.16. The van der Waals surface area contributed by atoms with E-state index in [2.05, 4.69) is 15.8 Å². The summed E-state index contributed by atoms with van der Waals surface area (Å²) < 4.78 is 12.7. The normalized spacial score (nSPS) is 19.2. The molecule has 1 aliphatic heterocycles.